The molecule has 26 heavy (non-hydrogen) atoms. The molecule has 138 valence electrons. The number of anilines is 1. The minimum absolute atomic E-state index is 0. The molecule has 2 aromatic rings. The van der Waals surface area contributed by atoms with Crippen LogP contribution in [0.3, 0.4) is 0 Å². The third-order valence-electron chi connectivity index (χ3n) is 5.21. The van der Waals surface area contributed by atoms with E-state index in [0.717, 1.165) is 25.5 Å². The van der Waals surface area contributed by atoms with Crippen molar-refractivity contribution in [3.63, 3.8) is 0 Å². The molecule has 0 radical (unpaired) electrons. The monoisotopic (exact) mass is 462 g/mol. The zero-order valence-electron chi connectivity index (χ0n) is 15.1. The third-order valence-corrected chi connectivity index (χ3v) is 5.21. The number of nitrogens with zero attached hydrogens (tertiary/aromatic N) is 2. The number of hydrogen-bond acceptors (Lipinski definition) is 2. The summed E-state index contributed by atoms with van der Waals surface area (Å²) in [4.78, 5) is 6.87. The van der Waals surface area contributed by atoms with Gasteiger partial charge in [-0.05, 0) is 30.5 Å². The van der Waals surface area contributed by atoms with Gasteiger partial charge >= 0.3 is 0 Å². The van der Waals surface area contributed by atoms with Gasteiger partial charge in [0, 0.05) is 43.8 Å². The SMILES string of the molecule is CN=C(NC1CCN(c2ccccc2)C1)NC1CC1c1ccccc1.I. The second-order valence-electron chi connectivity index (χ2n) is 6.99. The summed E-state index contributed by atoms with van der Waals surface area (Å²) >= 11 is 0. The molecular weight excluding hydrogens is 435 g/mol. The first-order chi connectivity index (χ1) is 12.3. The molecule has 0 spiro atoms. The maximum absolute atomic E-state index is 4.43. The van der Waals surface area contributed by atoms with Crippen molar-refractivity contribution in [2.24, 2.45) is 4.99 Å². The highest BCUT2D eigenvalue weighted by Gasteiger charge is 2.39. The molecule has 2 N–H and O–H groups in total. The quantitative estimate of drug-likeness (QED) is 0.415. The van der Waals surface area contributed by atoms with Gasteiger partial charge in [-0.15, -0.1) is 24.0 Å². The number of aliphatic imine (C=N–C) groups is 1. The van der Waals surface area contributed by atoms with E-state index in [1.807, 2.05) is 7.05 Å². The second-order valence-corrected chi connectivity index (χ2v) is 6.99. The summed E-state index contributed by atoms with van der Waals surface area (Å²) in [5, 5.41) is 7.20. The number of benzene rings is 2. The molecule has 1 saturated carbocycles. The number of hydrogen-bond donors (Lipinski definition) is 2. The van der Waals surface area contributed by atoms with Gasteiger partial charge in [0.1, 0.15) is 0 Å². The minimum atomic E-state index is 0. The molecule has 1 aliphatic heterocycles. The van der Waals surface area contributed by atoms with Gasteiger partial charge in [0.05, 0.1) is 0 Å². The first kappa shape index (κ1) is 19.0. The summed E-state index contributed by atoms with van der Waals surface area (Å²) in [7, 11) is 1.86. The molecular formula is C21H27IN4. The Bertz CT molecular complexity index is 719. The van der Waals surface area contributed by atoms with Crippen LogP contribution in [0.5, 0.6) is 0 Å². The Morgan fingerprint density at radius 1 is 1.00 bits per heavy atom. The maximum atomic E-state index is 4.43. The molecule has 2 aromatic carbocycles. The van der Waals surface area contributed by atoms with Crippen molar-refractivity contribution in [2.45, 2.75) is 30.8 Å². The van der Waals surface area contributed by atoms with Crippen LogP contribution in [0.25, 0.3) is 0 Å². The Labute approximate surface area is 173 Å². The lowest BCUT2D eigenvalue weighted by atomic mass is 10.1. The summed E-state index contributed by atoms with van der Waals surface area (Å²) in [6.45, 7) is 2.12. The van der Waals surface area contributed by atoms with Crippen molar-refractivity contribution in [1.29, 1.82) is 0 Å². The van der Waals surface area contributed by atoms with Crippen molar-refractivity contribution in [1.82, 2.24) is 10.6 Å². The fourth-order valence-electron chi connectivity index (χ4n) is 3.71. The number of guanidine groups is 1. The van der Waals surface area contributed by atoms with Gasteiger partial charge in [0.25, 0.3) is 0 Å². The van der Waals surface area contributed by atoms with E-state index in [2.05, 4.69) is 81.2 Å². The van der Waals surface area contributed by atoms with E-state index in [9.17, 15) is 0 Å². The van der Waals surface area contributed by atoms with Crippen LogP contribution in [-0.2, 0) is 0 Å². The van der Waals surface area contributed by atoms with Crippen LogP contribution in [0.4, 0.5) is 5.69 Å². The van der Waals surface area contributed by atoms with Crippen molar-refractivity contribution >= 4 is 35.6 Å². The molecule has 5 heteroatoms. The molecule has 0 amide bonds. The number of nitrogens with one attached hydrogen (secondary N) is 2. The Hall–Kier alpha value is -1.76. The lowest BCUT2D eigenvalue weighted by molar-refractivity contribution is 0.646. The van der Waals surface area contributed by atoms with E-state index in [4.69, 9.17) is 0 Å². The first-order valence-corrected chi connectivity index (χ1v) is 9.18. The molecule has 2 fully saturated rings. The highest BCUT2D eigenvalue weighted by molar-refractivity contribution is 14.0. The molecule has 1 aliphatic carbocycles. The molecule has 0 aromatic heterocycles. The molecule has 4 nitrogen and oxygen atoms in total. The Morgan fingerprint density at radius 3 is 2.38 bits per heavy atom. The minimum Gasteiger partial charge on any atom is -0.369 e. The zero-order valence-corrected chi connectivity index (χ0v) is 17.5. The highest BCUT2D eigenvalue weighted by Crippen LogP contribution is 2.40. The predicted molar refractivity (Wildman–Crippen MR) is 120 cm³/mol. The van der Waals surface area contributed by atoms with Gasteiger partial charge in [0.15, 0.2) is 5.96 Å². The number of para-hydroxylation sites is 1. The fourth-order valence-corrected chi connectivity index (χ4v) is 3.71. The van der Waals surface area contributed by atoms with Gasteiger partial charge < -0.3 is 15.5 Å². The predicted octanol–water partition coefficient (Wildman–Crippen LogP) is 3.60. The molecule has 2 aliphatic rings. The summed E-state index contributed by atoms with van der Waals surface area (Å²) in [5.74, 6) is 1.55. The Morgan fingerprint density at radius 2 is 1.69 bits per heavy atom. The third kappa shape index (κ3) is 4.50. The van der Waals surface area contributed by atoms with Gasteiger partial charge in [-0.25, -0.2) is 0 Å². The second kappa shape index (κ2) is 8.75. The standard InChI is InChI=1S/C21H26N4.HI/c1-22-21(24-20-14-19(20)16-8-4-2-5-9-16)23-17-12-13-25(15-17)18-10-6-3-7-11-18;/h2-11,17,19-20H,12-15H2,1H3,(H2,22,23,24);1H. The van der Waals surface area contributed by atoms with E-state index < -0.39 is 0 Å². The van der Waals surface area contributed by atoms with Gasteiger partial charge in [-0.3, -0.25) is 4.99 Å². The molecule has 0 bridgehead atoms. The Kier molecular flexibility index (Phi) is 6.40. The van der Waals surface area contributed by atoms with Crippen LogP contribution in [0, 0.1) is 0 Å². The molecule has 4 rings (SSSR count). The summed E-state index contributed by atoms with van der Waals surface area (Å²) in [6.07, 6.45) is 2.33. The normalized spacial score (nSPS) is 24.7. The zero-order chi connectivity index (χ0) is 17.1. The summed E-state index contributed by atoms with van der Waals surface area (Å²) < 4.78 is 0. The van der Waals surface area contributed by atoms with E-state index in [-0.39, 0.29) is 24.0 Å². The van der Waals surface area contributed by atoms with E-state index in [1.165, 1.54) is 17.7 Å². The molecule has 1 heterocycles. The van der Waals surface area contributed by atoms with Crippen molar-refractivity contribution in [2.75, 3.05) is 25.0 Å². The van der Waals surface area contributed by atoms with Crippen LogP contribution in [0.15, 0.2) is 65.7 Å². The lowest BCUT2D eigenvalue weighted by Crippen LogP contribution is -2.45. The largest absolute Gasteiger partial charge is 0.369 e. The van der Waals surface area contributed by atoms with E-state index in [1.54, 1.807) is 0 Å². The van der Waals surface area contributed by atoms with Gasteiger partial charge in [0.2, 0.25) is 0 Å². The fraction of sp³-hybridized carbons (Fsp3) is 0.381. The van der Waals surface area contributed by atoms with Crippen molar-refractivity contribution in [3.05, 3.63) is 66.2 Å². The molecule has 3 atom stereocenters. The smallest absolute Gasteiger partial charge is 0.191 e. The number of rotatable bonds is 4. The number of halogens is 1. The molecule has 3 unspecified atom stereocenters. The van der Waals surface area contributed by atoms with Crippen LogP contribution in [-0.4, -0.2) is 38.2 Å². The Balaban J connectivity index is 0.00000196. The van der Waals surface area contributed by atoms with E-state index in [0.29, 0.717) is 18.0 Å². The van der Waals surface area contributed by atoms with Crippen LogP contribution >= 0.6 is 24.0 Å². The van der Waals surface area contributed by atoms with Crippen LogP contribution in [0.2, 0.25) is 0 Å². The average Bonchev–Trinajstić information content (AvgIpc) is 3.29. The summed E-state index contributed by atoms with van der Waals surface area (Å²) in [5.41, 5.74) is 2.73. The topological polar surface area (TPSA) is 39.7 Å². The first-order valence-electron chi connectivity index (χ1n) is 9.18. The maximum Gasteiger partial charge on any atom is 0.191 e. The van der Waals surface area contributed by atoms with Crippen LogP contribution in [0.1, 0.15) is 24.3 Å². The van der Waals surface area contributed by atoms with Crippen molar-refractivity contribution < 1.29 is 0 Å². The van der Waals surface area contributed by atoms with E-state index >= 15 is 0 Å². The lowest BCUT2D eigenvalue weighted by Gasteiger charge is -2.20. The van der Waals surface area contributed by atoms with Crippen molar-refractivity contribution in [3.8, 4) is 0 Å². The van der Waals surface area contributed by atoms with Gasteiger partial charge in [-0.2, -0.15) is 0 Å². The highest BCUT2D eigenvalue weighted by atomic mass is 127. The average molecular weight is 462 g/mol. The van der Waals surface area contributed by atoms with Gasteiger partial charge in [-0.1, -0.05) is 48.5 Å². The van der Waals surface area contributed by atoms with Crippen LogP contribution < -0.4 is 15.5 Å². The summed E-state index contributed by atoms with van der Waals surface area (Å²) in [6, 6.07) is 22.3. The molecule has 1 saturated heterocycles.